The molecule has 1 amide bonds. The van der Waals surface area contributed by atoms with Crippen LogP contribution >= 0.6 is 0 Å². The lowest BCUT2D eigenvalue weighted by Crippen LogP contribution is -2.62. The minimum absolute atomic E-state index is 0.0563. The van der Waals surface area contributed by atoms with E-state index in [0.717, 1.165) is 0 Å². The van der Waals surface area contributed by atoms with E-state index >= 15 is 0 Å². The second-order valence-corrected chi connectivity index (χ2v) is 2.76. The van der Waals surface area contributed by atoms with Crippen LogP contribution in [0.1, 0.15) is 6.92 Å². The van der Waals surface area contributed by atoms with E-state index < -0.39 is 0 Å². The van der Waals surface area contributed by atoms with Crippen LogP contribution in [-0.4, -0.2) is 41.1 Å². The molecule has 12 heavy (non-hydrogen) atoms. The topological polar surface area (TPSA) is 91.0 Å². The molecule has 1 aliphatic rings. The van der Waals surface area contributed by atoms with Crippen molar-refractivity contribution in [2.75, 3.05) is 13.1 Å². The molecule has 0 aromatic carbocycles. The number of rotatable bonds is 1. The fourth-order valence-electron chi connectivity index (χ4n) is 1.11. The minimum Gasteiger partial charge on any atom is -0.408 e. The van der Waals surface area contributed by atoms with Crippen molar-refractivity contribution in [2.24, 2.45) is 10.9 Å². The van der Waals surface area contributed by atoms with Gasteiger partial charge in [-0.25, -0.2) is 0 Å². The average molecular weight is 172 g/mol. The molecule has 1 aliphatic heterocycles. The third-order valence-electron chi connectivity index (χ3n) is 1.72. The number of oxime groups is 1. The highest BCUT2D eigenvalue weighted by atomic mass is 16.4. The lowest BCUT2D eigenvalue weighted by molar-refractivity contribution is -0.120. The van der Waals surface area contributed by atoms with E-state index in [1.54, 1.807) is 4.90 Å². The third kappa shape index (κ3) is 1.77. The Morgan fingerprint density at radius 1 is 1.75 bits per heavy atom. The average Bonchev–Trinajstić information content (AvgIpc) is 1.94. The second kappa shape index (κ2) is 3.29. The smallest absolute Gasteiger partial charge is 0.233 e. The van der Waals surface area contributed by atoms with E-state index in [9.17, 15) is 4.79 Å². The Balaban J connectivity index is 2.24. The predicted octanol–water partition coefficient (Wildman–Crippen LogP) is -1.49. The van der Waals surface area contributed by atoms with E-state index in [4.69, 9.17) is 10.9 Å². The Labute approximate surface area is 70.0 Å². The van der Waals surface area contributed by atoms with Gasteiger partial charge in [0.05, 0.1) is 6.04 Å². The highest BCUT2D eigenvalue weighted by Crippen LogP contribution is 2.06. The molecule has 0 aromatic heterocycles. The summed E-state index contributed by atoms with van der Waals surface area (Å²) in [7, 11) is 0. The molecule has 6 nitrogen and oxygen atoms in total. The maximum absolute atomic E-state index is 10.6. The molecule has 0 unspecified atom stereocenters. The molecule has 1 rings (SSSR count). The Bertz CT molecular complexity index is 210. The van der Waals surface area contributed by atoms with Crippen molar-refractivity contribution in [3.05, 3.63) is 0 Å². The molecule has 0 radical (unpaired) electrons. The van der Waals surface area contributed by atoms with Gasteiger partial charge in [-0.05, 0) is 0 Å². The zero-order chi connectivity index (χ0) is 9.14. The van der Waals surface area contributed by atoms with Crippen LogP contribution in [0, 0.1) is 0 Å². The number of guanidine groups is 1. The van der Waals surface area contributed by atoms with Crippen molar-refractivity contribution in [3.63, 3.8) is 0 Å². The van der Waals surface area contributed by atoms with Gasteiger partial charge in [-0.3, -0.25) is 4.79 Å². The van der Waals surface area contributed by atoms with Crippen molar-refractivity contribution in [1.29, 1.82) is 0 Å². The number of carbonyl (C=O) groups is 1. The summed E-state index contributed by atoms with van der Waals surface area (Å²) in [6.45, 7) is 2.68. The fourth-order valence-corrected chi connectivity index (χ4v) is 1.11. The lowest BCUT2D eigenvalue weighted by atomic mass is 10.1. The molecule has 1 heterocycles. The summed E-state index contributed by atoms with van der Waals surface area (Å²) in [6, 6.07) is 0.128. The molecule has 0 spiro atoms. The first-order valence-electron chi connectivity index (χ1n) is 3.63. The Morgan fingerprint density at radius 3 is 2.75 bits per heavy atom. The van der Waals surface area contributed by atoms with Gasteiger partial charge in [0.25, 0.3) is 0 Å². The van der Waals surface area contributed by atoms with Gasteiger partial charge in [-0.1, -0.05) is 5.16 Å². The number of hydrogen-bond acceptors (Lipinski definition) is 3. The first-order chi connectivity index (χ1) is 5.63. The standard InChI is InChI=1S/C6H12N4O2/c1-4(11)8-5-2-10(3-5)6(7)9-12/h5,12H,2-3H2,1H3,(H2,7,9)(H,8,11). The van der Waals surface area contributed by atoms with Crippen LogP contribution in [0.25, 0.3) is 0 Å². The summed E-state index contributed by atoms with van der Waals surface area (Å²) >= 11 is 0. The molecule has 0 aromatic rings. The van der Waals surface area contributed by atoms with Crippen LogP contribution in [0.5, 0.6) is 0 Å². The van der Waals surface area contributed by atoms with Crippen LogP contribution in [0.2, 0.25) is 0 Å². The number of carbonyl (C=O) groups excluding carboxylic acids is 1. The molecular weight excluding hydrogens is 160 g/mol. The number of likely N-dealkylation sites (tertiary alicyclic amines) is 1. The zero-order valence-corrected chi connectivity index (χ0v) is 6.82. The molecule has 0 saturated carbocycles. The minimum atomic E-state index is -0.0563. The van der Waals surface area contributed by atoms with E-state index in [0.29, 0.717) is 13.1 Å². The number of nitrogens with zero attached hydrogens (tertiary/aromatic N) is 2. The Kier molecular flexibility index (Phi) is 2.37. The van der Waals surface area contributed by atoms with E-state index in [2.05, 4.69) is 10.5 Å². The molecule has 1 fully saturated rings. The van der Waals surface area contributed by atoms with E-state index in [1.165, 1.54) is 6.92 Å². The summed E-state index contributed by atoms with van der Waals surface area (Å²) < 4.78 is 0. The monoisotopic (exact) mass is 172 g/mol. The largest absolute Gasteiger partial charge is 0.408 e. The molecular formula is C6H12N4O2. The molecule has 4 N–H and O–H groups in total. The Morgan fingerprint density at radius 2 is 2.33 bits per heavy atom. The van der Waals surface area contributed by atoms with Crippen LogP contribution in [-0.2, 0) is 4.79 Å². The maximum atomic E-state index is 10.6. The van der Waals surface area contributed by atoms with Gasteiger partial charge in [0.2, 0.25) is 11.9 Å². The molecule has 68 valence electrons. The normalized spacial score (nSPS) is 18.8. The van der Waals surface area contributed by atoms with Crippen molar-refractivity contribution in [3.8, 4) is 0 Å². The first-order valence-corrected chi connectivity index (χ1v) is 3.63. The Hall–Kier alpha value is -1.46. The fraction of sp³-hybridized carbons (Fsp3) is 0.667. The van der Waals surface area contributed by atoms with Gasteiger partial charge in [-0.2, -0.15) is 0 Å². The van der Waals surface area contributed by atoms with Crippen LogP contribution < -0.4 is 11.1 Å². The van der Waals surface area contributed by atoms with Crippen molar-refractivity contribution in [1.82, 2.24) is 10.2 Å². The van der Waals surface area contributed by atoms with Crippen molar-refractivity contribution < 1.29 is 10.0 Å². The van der Waals surface area contributed by atoms with Gasteiger partial charge < -0.3 is 21.2 Å². The van der Waals surface area contributed by atoms with Gasteiger partial charge in [0, 0.05) is 20.0 Å². The predicted molar refractivity (Wildman–Crippen MR) is 42.6 cm³/mol. The van der Waals surface area contributed by atoms with E-state index in [-0.39, 0.29) is 17.9 Å². The summed E-state index contributed by atoms with van der Waals surface area (Å²) in [5.41, 5.74) is 5.28. The molecule has 1 saturated heterocycles. The van der Waals surface area contributed by atoms with Crippen LogP contribution in [0.4, 0.5) is 0 Å². The summed E-state index contributed by atoms with van der Waals surface area (Å²) in [5, 5.41) is 13.8. The molecule has 0 aliphatic carbocycles. The summed E-state index contributed by atoms with van der Waals surface area (Å²) in [6.07, 6.45) is 0. The number of nitrogens with two attached hydrogens (primary N) is 1. The summed E-state index contributed by atoms with van der Waals surface area (Å²) in [4.78, 5) is 12.2. The van der Waals surface area contributed by atoms with Gasteiger partial charge in [-0.15, -0.1) is 0 Å². The van der Waals surface area contributed by atoms with Crippen molar-refractivity contribution in [2.45, 2.75) is 13.0 Å². The zero-order valence-electron chi connectivity index (χ0n) is 6.82. The third-order valence-corrected chi connectivity index (χ3v) is 1.72. The van der Waals surface area contributed by atoms with Gasteiger partial charge >= 0.3 is 0 Å². The van der Waals surface area contributed by atoms with Gasteiger partial charge in [0.15, 0.2) is 0 Å². The molecule has 0 bridgehead atoms. The summed E-state index contributed by atoms with van der Waals surface area (Å²) in [5.74, 6) is 0.0377. The number of nitrogens with one attached hydrogen (secondary N) is 1. The first kappa shape index (κ1) is 8.63. The molecule has 6 heteroatoms. The SMILES string of the molecule is CC(=O)NC1CN(/C(N)=N/O)C1. The number of amides is 1. The van der Waals surface area contributed by atoms with Crippen LogP contribution in [0.3, 0.4) is 0 Å². The van der Waals surface area contributed by atoms with Gasteiger partial charge in [0.1, 0.15) is 0 Å². The molecule has 0 atom stereocenters. The quantitative estimate of drug-likeness (QED) is 0.194. The van der Waals surface area contributed by atoms with Crippen LogP contribution in [0.15, 0.2) is 5.16 Å². The lowest BCUT2D eigenvalue weighted by Gasteiger charge is -2.39. The second-order valence-electron chi connectivity index (χ2n) is 2.76. The maximum Gasteiger partial charge on any atom is 0.233 e. The highest BCUT2D eigenvalue weighted by Gasteiger charge is 2.28. The van der Waals surface area contributed by atoms with Crippen molar-refractivity contribution >= 4 is 11.9 Å². The highest BCUT2D eigenvalue weighted by molar-refractivity contribution is 5.79. The number of hydrogen-bond donors (Lipinski definition) is 3. The van der Waals surface area contributed by atoms with E-state index in [1.807, 2.05) is 0 Å².